The number of nitrogens with zero attached hydrogens (tertiary/aromatic N) is 2. The second kappa shape index (κ2) is 11.2. The van der Waals surface area contributed by atoms with Gasteiger partial charge in [0.05, 0.1) is 24.8 Å². The van der Waals surface area contributed by atoms with E-state index in [-0.39, 0.29) is 17.9 Å². The van der Waals surface area contributed by atoms with Crippen LogP contribution in [0.4, 0.5) is 0 Å². The molecule has 0 aliphatic carbocycles. The molecule has 1 unspecified atom stereocenters. The average molecular weight is 439 g/mol. The van der Waals surface area contributed by atoms with Crippen molar-refractivity contribution in [1.82, 2.24) is 15.5 Å². The summed E-state index contributed by atoms with van der Waals surface area (Å²) in [5.41, 5.74) is 0.982. The molecule has 2 aromatic rings. The predicted molar refractivity (Wildman–Crippen MR) is 123 cm³/mol. The summed E-state index contributed by atoms with van der Waals surface area (Å²) in [6.07, 6.45) is 1.43. The maximum absolute atomic E-state index is 12.4. The smallest absolute Gasteiger partial charge is 0.261 e. The Labute approximate surface area is 188 Å². The van der Waals surface area contributed by atoms with Gasteiger partial charge in [-0.3, -0.25) is 19.5 Å². The van der Waals surface area contributed by atoms with Gasteiger partial charge in [-0.25, -0.2) is 0 Å². The first-order valence-electron chi connectivity index (χ1n) is 10.7. The lowest BCUT2D eigenvalue weighted by molar-refractivity contribution is 0.0652. The first-order chi connectivity index (χ1) is 15.5. The molecule has 0 bridgehead atoms. The minimum absolute atomic E-state index is 0.0746. The molecule has 1 aliphatic heterocycles. The average Bonchev–Trinajstić information content (AvgIpc) is 3.05. The zero-order valence-electron chi connectivity index (χ0n) is 18.8. The van der Waals surface area contributed by atoms with Crippen LogP contribution in [0.15, 0.2) is 53.5 Å². The molecule has 1 heterocycles. The zero-order valence-corrected chi connectivity index (χ0v) is 18.8. The molecule has 3 rings (SSSR count). The Hall–Kier alpha value is -3.55. The van der Waals surface area contributed by atoms with Crippen LogP contribution in [-0.2, 0) is 0 Å². The van der Waals surface area contributed by atoms with E-state index in [1.54, 1.807) is 38.4 Å². The topological polar surface area (TPSA) is 92.3 Å². The molecule has 8 nitrogen and oxygen atoms in total. The number of methoxy groups -OCH3 is 1. The Kier molecular flexibility index (Phi) is 8.08. The van der Waals surface area contributed by atoms with Crippen LogP contribution in [0, 0.1) is 0 Å². The molecule has 2 N–H and O–H groups in total. The van der Waals surface area contributed by atoms with Gasteiger partial charge in [-0.05, 0) is 44.0 Å². The molecule has 170 valence electrons. The summed E-state index contributed by atoms with van der Waals surface area (Å²) in [7, 11) is 3.33. The molecule has 0 spiro atoms. The van der Waals surface area contributed by atoms with Gasteiger partial charge in [0.1, 0.15) is 17.6 Å². The number of unbranched alkanes of at least 4 members (excludes halogenated alkanes) is 1. The van der Waals surface area contributed by atoms with Gasteiger partial charge in [0.25, 0.3) is 11.8 Å². The van der Waals surface area contributed by atoms with E-state index in [1.807, 2.05) is 31.2 Å². The van der Waals surface area contributed by atoms with E-state index in [0.29, 0.717) is 43.1 Å². The molecule has 0 fully saturated rings. The third-order valence-corrected chi connectivity index (χ3v) is 5.14. The molecule has 2 aromatic carbocycles. The van der Waals surface area contributed by atoms with Gasteiger partial charge in [-0.1, -0.05) is 18.2 Å². The van der Waals surface area contributed by atoms with E-state index >= 15 is 0 Å². The van der Waals surface area contributed by atoms with Gasteiger partial charge in [0, 0.05) is 26.2 Å². The van der Waals surface area contributed by atoms with Crippen LogP contribution >= 0.6 is 0 Å². The van der Waals surface area contributed by atoms with Gasteiger partial charge in [-0.15, -0.1) is 0 Å². The van der Waals surface area contributed by atoms with Gasteiger partial charge in [-0.2, -0.15) is 0 Å². The number of carbonyl (C=O) groups excluding carboxylic acids is 2. The van der Waals surface area contributed by atoms with Crippen LogP contribution in [0.5, 0.6) is 11.5 Å². The van der Waals surface area contributed by atoms with Crippen molar-refractivity contribution in [1.29, 1.82) is 0 Å². The van der Waals surface area contributed by atoms with E-state index in [2.05, 4.69) is 15.6 Å². The maximum Gasteiger partial charge on any atom is 0.261 e. The number of fused-ring (bicyclic) bond motifs is 1. The van der Waals surface area contributed by atoms with Crippen molar-refractivity contribution < 1.29 is 19.1 Å². The summed E-state index contributed by atoms with van der Waals surface area (Å²) in [6, 6.07) is 14.4. The van der Waals surface area contributed by atoms with Gasteiger partial charge < -0.3 is 20.1 Å². The summed E-state index contributed by atoms with van der Waals surface area (Å²) < 4.78 is 11.1. The first-order valence-corrected chi connectivity index (χ1v) is 10.7. The summed E-state index contributed by atoms with van der Waals surface area (Å²) in [4.78, 5) is 30.3. The van der Waals surface area contributed by atoms with Crippen molar-refractivity contribution in [3.63, 3.8) is 0 Å². The summed E-state index contributed by atoms with van der Waals surface area (Å²) in [6.45, 7) is 3.63. The highest BCUT2D eigenvalue weighted by Gasteiger charge is 2.34. The number of guanidine groups is 1. The molecule has 0 saturated heterocycles. The number of rotatable bonds is 10. The Bertz CT molecular complexity index is 941. The third kappa shape index (κ3) is 5.78. The number of carbonyl (C=O) groups is 2. The second-order valence-electron chi connectivity index (χ2n) is 7.50. The summed E-state index contributed by atoms with van der Waals surface area (Å²) in [5.74, 6) is 1.75. The molecule has 0 aromatic heterocycles. The van der Waals surface area contributed by atoms with Gasteiger partial charge in [0.15, 0.2) is 5.96 Å². The predicted octanol–water partition coefficient (Wildman–Crippen LogP) is 2.70. The summed E-state index contributed by atoms with van der Waals surface area (Å²) in [5, 5.41) is 6.49. The SMILES string of the molecule is CN=C(NCCCCN1C(=O)c2ccccc2C1=O)NCC(C)Oc1cccc(OC)c1. The van der Waals surface area contributed by atoms with Gasteiger partial charge >= 0.3 is 0 Å². The molecule has 32 heavy (non-hydrogen) atoms. The highest BCUT2D eigenvalue weighted by molar-refractivity contribution is 6.21. The van der Waals surface area contributed by atoms with Crippen molar-refractivity contribution in [2.24, 2.45) is 4.99 Å². The number of amides is 2. The fourth-order valence-corrected chi connectivity index (χ4v) is 3.45. The van der Waals surface area contributed by atoms with Crippen LogP contribution < -0.4 is 20.1 Å². The molecule has 8 heteroatoms. The van der Waals surface area contributed by atoms with Crippen molar-refractivity contribution in [3.05, 3.63) is 59.7 Å². The van der Waals surface area contributed by atoms with Gasteiger partial charge in [0.2, 0.25) is 0 Å². The lowest BCUT2D eigenvalue weighted by Crippen LogP contribution is -2.42. The number of nitrogens with one attached hydrogen (secondary N) is 2. The quantitative estimate of drug-likeness (QED) is 0.257. The lowest BCUT2D eigenvalue weighted by atomic mass is 10.1. The normalized spacial score (nSPS) is 14.2. The highest BCUT2D eigenvalue weighted by atomic mass is 16.5. The highest BCUT2D eigenvalue weighted by Crippen LogP contribution is 2.22. The Morgan fingerprint density at radius 1 is 1.00 bits per heavy atom. The Balaban J connectivity index is 1.34. The monoisotopic (exact) mass is 438 g/mol. The zero-order chi connectivity index (χ0) is 22.9. The molecule has 0 saturated carbocycles. The number of benzene rings is 2. The van der Waals surface area contributed by atoms with E-state index in [1.165, 1.54) is 4.90 Å². The van der Waals surface area contributed by atoms with E-state index in [4.69, 9.17) is 9.47 Å². The third-order valence-electron chi connectivity index (χ3n) is 5.14. The number of imide groups is 1. The lowest BCUT2D eigenvalue weighted by Gasteiger charge is -2.18. The fourth-order valence-electron chi connectivity index (χ4n) is 3.45. The number of hydrogen-bond donors (Lipinski definition) is 2. The number of aliphatic imine (C=N–C) groups is 1. The second-order valence-corrected chi connectivity index (χ2v) is 7.50. The standard InChI is InChI=1S/C24H30N4O4/c1-17(32-19-10-8-9-18(15-19)31-3)16-27-24(25-2)26-13-6-7-14-28-22(29)20-11-4-5-12-21(20)23(28)30/h4-5,8-12,15,17H,6-7,13-14,16H2,1-3H3,(H2,25,26,27). The summed E-state index contributed by atoms with van der Waals surface area (Å²) >= 11 is 0. The number of ether oxygens (including phenoxy) is 2. The van der Waals surface area contributed by atoms with Crippen LogP contribution in [0.25, 0.3) is 0 Å². The fraction of sp³-hybridized carbons (Fsp3) is 0.375. The van der Waals surface area contributed by atoms with E-state index < -0.39 is 0 Å². The van der Waals surface area contributed by atoms with E-state index in [9.17, 15) is 9.59 Å². The van der Waals surface area contributed by atoms with Crippen LogP contribution in [0.2, 0.25) is 0 Å². The minimum atomic E-state index is -0.207. The van der Waals surface area contributed by atoms with Crippen molar-refractivity contribution in [3.8, 4) is 11.5 Å². The molecule has 1 aliphatic rings. The largest absolute Gasteiger partial charge is 0.497 e. The number of hydrogen-bond acceptors (Lipinski definition) is 5. The molecule has 0 radical (unpaired) electrons. The van der Waals surface area contributed by atoms with Crippen molar-refractivity contribution in [2.45, 2.75) is 25.9 Å². The molecule has 2 amide bonds. The molecular formula is C24H30N4O4. The van der Waals surface area contributed by atoms with Crippen LogP contribution in [-0.4, -0.2) is 62.6 Å². The van der Waals surface area contributed by atoms with Crippen LogP contribution in [0.3, 0.4) is 0 Å². The Morgan fingerprint density at radius 3 is 2.34 bits per heavy atom. The molecule has 1 atom stereocenters. The maximum atomic E-state index is 12.4. The van der Waals surface area contributed by atoms with Crippen molar-refractivity contribution >= 4 is 17.8 Å². The molecular weight excluding hydrogens is 408 g/mol. The van der Waals surface area contributed by atoms with E-state index in [0.717, 1.165) is 17.9 Å². The minimum Gasteiger partial charge on any atom is -0.497 e. The van der Waals surface area contributed by atoms with Crippen LogP contribution in [0.1, 0.15) is 40.5 Å². The van der Waals surface area contributed by atoms with Crippen molar-refractivity contribution in [2.75, 3.05) is 33.8 Å². The first kappa shape index (κ1) is 23.1. The Morgan fingerprint density at radius 2 is 1.69 bits per heavy atom.